The van der Waals surface area contributed by atoms with E-state index >= 15 is 0 Å². The van der Waals surface area contributed by atoms with E-state index in [4.69, 9.17) is 0 Å². The van der Waals surface area contributed by atoms with Crippen LogP contribution in [0.3, 0.4) is 0 Å². The molecule has 0 aliphatic rings. The van der Waals surface area contributed by atoms with Gasteiger partial charge in [0.25, 0.3) is 0 Å². The van der Waals surface area contributed by atoms with E-state index in [1.54, 1.807) is 6.33 Å². The maximum absolute atomic E-state index is 4.28. The zero-order chi connectivity index (χ0) is 13.6. The second kappa shape index (κ2) is 6.69. The average molecular weight is 250 g/mol. The first kappa shape index (κ1) is 14.9. The van der Waals surface area contributed by atoms with E-state index in [9.17, 15) is 0 Å². The number of rotatable bonds is 6. The fourth-order valence-corrected chi connectivity index (χ4v) is 1.69. The molecule has 0 saturated carbocycles. The summed E-state index contributed by atoms with van der Waals surface area (Å²) in [7, 11) is 0. The smallest absolute Gasteiger partial charge is 0.138 e. The molecule has 1 heterocycles. The second-order valence-electron chi connectivity index (χ2n) is 5.86. The van der Waals surface area contributed by atoms with Crippen molar-refractivity contribution < 1.29 is 0 Å². The first-order valence-electron chi connectivity index (χ1n) is 6.68. The zero-order valence-corrected chi connectivity index (χ0v) is 12.3. The van der Waals surface area contributed by atoms with Gasteiger partial charge in [-0.2, -0.15) is 5.10 Å². The van der Waals surface area contributed by atoms with Gasteiger partial charge in [-0.25, -0.2) is 9.67 Å². The molecular formula is C14H26N4. The Morgan fingerprint density at radius 1 is 1.33 bits per heavy atom. The standard InChI is InChI=1S/C14H26N4/c1-12(2)18-13(15-11-17-18)9-7-6-8-10-16-14(3,4)5/h6-7,11-12,16H,8-10H2,1-5H3. The van der Waals surface area contributed by atoms with Crippen molar-refractivity contribution in [2.24, 2.45) is 0 Å². The summed E-state index contributed by atoms with van der Waals surface area (Å²) in [5, 5.41) is 7.68. The van der Waals surface area contributed by atoms with Crippen LogP contribution >= 0.6 is 0 Å². The highest BCUT2D eigenvalue weighted by Gasteiger charge is 2.07. The topological polar surface area (TPSA) is 42.7 Å². The first-order chi connectivity index (χ1) is 8.40. The molecule has 1 aromatic rings. The highest BCUT2D eigenvalue weighted by molar-refractivity contribution is 4.97. The Labute approximate surface area is 110 Å². The number of nitrogens with zero attached hydrogens (tertiary/aromatic N) is 3. The van der Waals surface area contributed by atoms with Crippen LogP contribution in [0.25, 0.3) is 0 Å². The molecule has 4 heteroatoms. The van der Waals surface area contributed by atoms with Gasteiger partial charge >= 0.3 is 0 Å². The van der Waals surface area contributed by atoms with Crippen molar-refractivity contribution in [3.05, 3.63) is 24.3 Å². The van der Waals surface area contributed by atoms with Crippen molar-refractivity contribution in [1.29, 1.82) is 0 Å². The molecule has 0 bridgehead atoms. The monoisotopic (exact) mass is 250 g/mol. The lowest BCUT2D eigenvalue weighted by atomic mass is 10.1. The van der Waals surface area contributed by atoms with Gasteiger partial charge in [0.15, 0.2) is 0 Å². The molecular weight excluding hydrogens is 224 g/mol. The molecule has 18 heavy (non-hydrogen) atoms. The Kier molecular flexibility index (Phi) is 5.54. The molecule has 1 N–H and O–H groups in total. The number of nitrogens with one attached hydrogen (secondary N) is 1. The highest BCUT2D eigenvalue weighted by atomic mass is 15.3. The summed E-state index contributed by atoms with van der Waals surface area (Å²) in [6.07, 6.45) is 7.91. The van der Waals surface area contributed by atoms with Crippen molar-refractivity contribution in [2.45, 2.75) is 59.0 Å². The van der Waals surface area contributed by atoms with Crippen LogP contribution in [0.2, 0.25) is 0 Å². The molecule has 0 unspecified atom stereocenters. The number of allylic oxidation sites excluding steroid dienone is 1. The van der Waals surface area contributed by atoms with E-state index in [0.717, 1.165) is 25.2 Å². The van der Waals surface area contributed by atoms with E-state index in [1.165, 1.54) is 0 Å². The summed E-state index contributed by atoms with van der Waals surface area (Å²) < 4.78 is 1.97. The molecule has 0 aromatic carbocycles. The minimum atomic E-state index is 0.200. The molecule has 102 valence electrons. The molecule has 0 aliphatic heterocycles. The zero-order valence-electron chi connectivity index (χ0n) is 12.3. The van der Waals surface area contributed by atoms with Crippen LogP contribution in [0.15, 0.2) is 18.5 Å². The maximum Gasteiger partial charge on any atom is 0.138 e. The van der Waals surface area contributed by atoms with Crippen LogP contribution in [0.5, 0.6) is 0 Å². The molecule has 0 spiro atoms. The van der Waals surface area contributed by atoms with Crippen LogP contribution in [-0.2, 0) is 6.42 Å². The molecule has 1 aromatic heterocycles. The van der Waals surface area contributed by atoms with E-state index in [1.807, 2.05) is 4.68 Å². The van der Waals surface area contributed by atoms with Crippen molar-refractivity contribution in [1.82, 2.24) is 20.1 Å². The summed E-state index contributed by atoms with van der Waals surface area (Å²) >= 11 is 0. The SMILES string of the molecule is CC(C)n1ncnc1CC=CCCNC(C)(C)C. The molecule has 0 atom stereocenters. The van der Waals surface area contributed by atoms with Crippen LogP contribution in [0.4, 0.5) is 0 Å². The molecule has 1 rings (SSSR count). The van der Waals surface area contributed by atoms with Gasteiger partial charge in [-0.3, -0.25) is 0 Å². The third-order valence-corrected chi connectivity index (χ3v) is 2.57. The molecule has 0 fully saturated rings. The van der Waals surface area contributed by atoms with Gasteiger partial charge in [0.1, 0.15) is 12.2 Å². The van der Waals surface area contributed by atoms with Crippen LogP contribution < -0.4 is 5.32 Å². The molecule has 4 nitrogen and oxygen atoms in total. The number of aromatic nitrogens is 3. The minimum absolute atomic E-state index is 0.200. The predicted octanol–water partition coefficient (Wildman–Crippen LogP) is 2.74. The summed E-state index contributed by atoms with van der Waals surface area (Å²) in [6.45, 7) is 11.8. The molecule has 0 radical (unpaired) electrons. The fourth-order valence-electron chi connectivity index (χ4n) is 1.69. The normalized spacial score (nSPS) is 12.8. The van der Waals surface area contributed by atoms with E-state index in [0.29, 0.717) is 6.04 Å². The lowest BCUT2D eigenvalue weighted by molar-refractivity contribution is 0.431. The minimum Gasteiger partial charge on any atom is -0.312 e. The third-order valence-electron chi connectivity index (χ3n) is 2.57. The van der Waals surface area contributed by atoms with Gasteiger partial charge in [-0.05, 0) is 47.6 Å². The van der Waals surface area contributed by atoms with Crippen molar-refractivity contribution in [3.8, 4) is 0 Å². The van der Waals surface area contributed by atoms with Crippen LogP contribution in [-0.4, -0.2) is 26.8 Å². The van der Waals surface area contributed by atoms with Crippen molar-refractivity contribution in [3.63, 3.8) is 0 Å². The molecule has 0 saturated heterocycles. The Hall–Kier alpha value is -1.16. The van der Waals surface area contributed by atoms with Gasteiger partial charge in [-0.15, -0.1) is 0 Å². The van der Waals surface area contributed by atoms with Gasteiger partial charge in [0.2, 0.25) is 0 Å². The summed E-state index contributed by atoms with van der Waals surface area (Å²) in [5.41, 5.74) is 0.200. The van der Waals surface area contributed by atoms with Gasteiger partial charge in [0.05, 0.1) is 0 Å². The van der Waals surface area contributed by atoms with Crippen molar-refractivity contribution >= 4 is 0 Å². The quantitative estimate of drug-likeness (QED) is 0.623. The number of hydrogen-bond donors (Lipinski definition) is 1. The van der Waals surface area contributed by atoms with E-state index < -0.39 is 0 Å². The van der Waals surface area contributed by atoms with Crippen molar-refractivity contribution in [2.75, 3.05) is 6.54 Å². The van der Waals surface area contributed by atoms with Gasteiger partial charge in [-0.1, -0.05) is 12.2 Å². The Morgan fingerprint density at radius 2 is 2.06 bits per heavy atom. The van der Waals surface area contributed by atoms with Crippen LogP contribution in [0, 0.1) is 0 Å². The predicted molar refractivity (Wildman–Crippen MR) is 75.6 cm³/mol. The Balaban J connectivity index is 2.30. The summed E-state index contributed by atoms with van der Waals surface area (Å²) in [5.74, 6) is 1.03. The second-order valence-corrected chi connectivity index (χ2v) is 5.86. The lowest BCUT2D eigenvalue weighted by Gasteiger charge is -2.19. The molecule has 0 amide bonds. The van der Waals surface area contributed by atoms with E-state index in [2.05, 4.69) is 62.2 Å². The number of hydrogen-bond acceptors (Lipinski definition) is 3. The summed E-state index contributed by atoms with van der Waals surface area (Å²) in [6, 6.07) is 0.374. The Morgan fingerprint density at radius 3 is 2.67 bits per heavy atom. The lowest BCUT2D eigenvalue weighted by Crippen LogP contribution is -2.36. The highest BCUT2D eigenvalue weighted by Crippen LogP contribution is 2.06. The molecule has 0 aliphatic carbocycles. The maximum atomic E-state index is 4.28. The van der Waals surface area contributed by atoms with E-state index in [-0.39, 0.29) is 5.54 Å². The third kappa shape index (κ3) is 5.45. The average Bonchev–Trinajstić information content (AvgIpc) is 2.69. The van der Waals surface area contributed by atoms with Gasteiger partial charge in [0, 0.05) is 18.0 Å². The first-order valence-corrected chi connectivity index (χ1v) is 6.68. The van der Waals surface area contributed by atoms with Gasteiger partial charge < -0.3 is 5.32 Å². The largest absolute Gasteiger partial charge is 0.312 e. The Bertz CT molecular complexity index is 371. The van der Waals surface area contributed by atoms with Crippen LogP contribution in [0.1, 0.15) is 52.9 Å². The summed E-state index contributed by atoms with van der Waals surface area (Å²) in [4.78, 5) is 4.28. The fraction of sp³-hybridized carbons (Fsp3) is 0.714.